The van der Waals surface area contributed by atoms with Crippen LogP contribution in [0.3, 0.4) is 0 Å². The van der Waals surface area contributed by atoms with Crippen LogP contribution in [0.5, 0.6) is 5.75 Å². The lowest BCUT2D eigenvalue weighted by Crippen LogP contribution is -2.11. The van der Waals surface area contributed by atoms with Gasteiger partial charge in [-0.2, -0.15) is 10.1 Å². The summed E-state index contributed by atoms with van der Waals surface area (Å²) in [5.74, 6) is 0.645. The molecule has 0 amide bonds. The first-order valence-electron chi connectivity index (χ1n) is 7.62. The third-order valence-corrected chi connectivity index (χ3v) is 3.76. The first-order chi connectivity index (χ1) is 12.0. The van der Waals surface area contributed by atoms with Crippen LogP contribution in [0.15, 0.2) is 18.2 Å². The normalized spacial score (nSPS) is 11.0. The van der Waals surface area contributed by atoms with Gasteiger partial charge in [-0.1, -0.05) is 0 Å². The number of nitrogens with one attached hydrogen (secondary N) is 1. The molecule has 3 rings (SSSR count). The van der Waals surface area contributed by atoms with Crippen molar-refractivity contribution in [1.82, 2.24) is 19.7 Å². The van der Waals surface area contributed by atoms with Gasteiger partial charge in [0.15, 0.2) is 5.65 Å². The molecule has 0 atom stereocenters. The maximum absolute atomic E-state index is 14.6. The number of benzene rings is 1. The molecule has 9 heteroatoms. The highest BCUT2D eigenvalue weighted by molar-refractivity contribution is 5.99. The monoisotopic (exact) mass is 346 g/mol. The van der Waals surface area contributed by atoms with Crippen molar-refractivity contribution in [1.29, 1.82) is 0 Å². The smallest absolute Gasteiger partial charge is 0.225 e. The molecule has 0 aliphatic carbocycles. The summed E-state index contributed by atoms with van der Waals surface area (Å²) >= 11 is 0. The molecular formula is C16H19FN6O2. The van der Waals surface area contributed by atoms with Gasteiger partial charge >= 0.3 is 0 Å². The highest BCUT2D eigenvalue weighted by atomic mass is 19.1. The predicted octanol–water partition coefficient (Wildman–Crippen LogP) is 1.82. The van der Waals surface area contributed by atoms with E-state index in [1.807, 2.05) is 0 Å². The van der Waals surface area contributed by atoms with Gasteiger partial charge in [-0.25, -0.2) is 9.37 Å². The molecule has 8 nitrogen and oxygen atoms in total. The maximum atomic E-state index is 14.6. The number of nitrogens with zero attached hydrogens (tertiary/aromatic N) is 4. The highest BCUT2D eigenvalue weighted by Gasteiger charge is 2.19. The Hall–Kier alpha value is -2.94. The summed E-state index contributed by atoms with van der Waals surface area (Å²) in [4.78, 5) is 8.78. The number of anilines is 2. The van der Waals surface area contributed by atoms with Gasteiger partial charge in [-0.3, -0.25) is 4.68 Å². The number of hydrogen-bond acceptors (Lipinski definition) is 7. The van der Waals surface area contributed by atoms with E-state index in [0.29, 0.717) is 53.0 Å². The van der Waals surface area contributed by atoms with Crippen molar-refractivity contribution in [2.75, 3.05) is 38.4 Å². The van der Waals surface area contributed by atoms with Crippen LogP contribution in [-0.4, -0.2) is 47.1 Å². The number of rotatable bonds is 6. The summed E-state index contributed by atoms with van der Waals surface area (Å²) in [5.41, 5.74) is 7.14. The van der Waals surface area contributed by atoms with E-state index >= 15 is 0 Å². The quantitative estimate of drug-likeness (QED) is 0.657. The van der Waals surface area contributed by atoms with E-state index in [1.54, 1.807) is 26.3 Å². The number of aryl methyl sites for hydroxylation is 1. The first-order valence-corrected chi connectivity index (χ1v) is 7.62. The molecule has 0 saturated carbocycles. The molecule has 0 saturated heterocycles. The molecule has 0 bridgehead atoms. The van der Waals surface area contributed by atoms with Crippen LogP contribution >= 0.6 is 0 Å². The lowest BCUT2D eigenvalue weighted by molar-refractivity contribution is 0.210. The average Bonchev–Trinajstić information content (AvgIpc) is 2.89. The molecule has 2 heterocycles. The summed E-state index contributed by atoms with van der Waals surface area (Å²) in [5, 5.41) is 7.81. The van der Waals surface area contributed by atoms with Crippen LogP contribution in [0, 0.1) is 5.82 Å². The number of fused-ring (bicyclic) bond motifs is 1. The van der Waals surface area contributed by atoms with Crippen molar-refractivity contribution in [3.8, 4) is 17.0 Å². The second-order valence-corrected chi connectivity index (χ2v) is 5.37. The fourth-order valence-corrected chi connectivity index (χ4v) is 2.47. The molecule has 3 N–H and O–H groups in total. The zero-order valence-corrected chi connectivity index (χ0v) is 14.2. The fourth-order valence-electron chi connectivity index (χ4n) is 2.47. The molecule has 0 fully saturated rings. The molecule has 0 spiro atoms. The lowest BCUT2D eigenvalue weighted by atomic mass is 10.1. The summed E-state index contributed by atoms with van der Waals surface area (Å²) < 4.78 is 26.1. The van der Waals surface area contributed by atoms with Crippen molar-refractivity contribution in [3.05, 3.63) is 24.0 Å². The number of nitrogens with two attached hydrogens (primary N) is 1. The van der Waals surface area contributed by atoms with Gasteiger partial charge in [0.1, 0.15) is 17.4 Å². The number of aromatic nitrogens is 4. The van der Waals surface area contributed by atoms with Crippen molar-refractivity contribution in [3.63, 3.8) is 0 Å². The van der Waals surface area contributed by atoms with Crippen LogP contribution < -0.4 is 15.8 Å². The summed E-state index contributed by atoms with van der Waals surface area (Å²) in [6.45, 7) is 0.993. The van der Waals surface area contributed by atoms with Crippen LogP contribution in [0.25, 0.3) is 22.3 Å². The Morgan fingerprint density at radius 1 is 1.28 bits per heavy atom. The van der Waals surface area contributed by atoms with E-state index in [4.69, 9.17) is 15.2 Å². The number of halogens is 1. The van der Waals surface area contributed by atoms with E-state index in [0.717, 1.165) is 0 Å². The van der Waals surface area contributed by atoms with Gasteiger partial charge in [0.05, 0.1) is 24.8 Å². The van der Waals surface area contributed by atoms with Crippen molar-refractivity contribution < 1.29 is 13.9 Å². The van der Waals surface area contributed by atoms with E-state index in [2.05, 4.69) is 20.4 Å². The van der Waals surface area contributed by atoms with Crippen molar-refractivity contribution in [2.24, 2.45) is 7.05 Å². The van der Waals surface area contributed by atoms with Crippen LogP contribution in [0.1, 0.15) is 0 Å². The Kier molecular flexibility index (Phi) is 4.66. The molecule has 3 aromatic rings. The lowest BCUT2D eigenvalue weighted by Gasteiger charge is -2.09. The largest absolute Gasteiger partial charge is 0.497 e. The van der Waals surface area contributed by atoms with Gasteiger partial charge in [-0.15, -0.1) is 0 Å². The predicted molar refractivity (Wildman–Crippen MR) is 93.0 cm³/mol. The van der Waals surface area contributed by atoms with Gasteiger partial charge in [0.25, 0.3) is 0 Å². The third-order valence-electron chi connectivity index (χ3n) is 3.76. The molecule has 0 aliphatic heterocycles. The van der Waals surface area contributed by atoms with Crippen LogP contribution in [0.2, 0.25) is 0 Å². The topological polar surface area (TPSA) is 100 Å². The molecule has 2 aromatic heterocycles. The minimum Gasteiger partial charge on any atom is -0.497 e. The Balaban J connectivity index is 2.17. The van der Waals surface area contributed by atoms with Gasteiger partial charge in [-0.05, 0) is 12.1 Å². The standard InChI is InChI=1S/C16H19FN6O2/c1-23-14(18)12-13(10-5-4-9(25-3)8-11(10)17)20-16(19-6-7-24-2)21-15(12)22-23/h4-5,8H,6-7,18H2,1-3H3,(H,19,21,22). The Morgan fingerprint density at radius 2 is 2.08 bits per heavy atom. The summed E-state index contributed by atoms with van der Waals surface area (Å²) in [7, 11) is 4.78. The Labute approximate surface area is 143 Å². The van der Waals surface area contributed by atoms with E-state index < -0.39 is 5.82 Å². The minimum absolute atomic E-state index is 0.294. The molecule has 132 valence electrons. The number of methoxy groups -OCH3 is 2. The number of ether oxygens (including phenoxy) is 2. The Morgan fingerprint density at radius 3 is 2.76 bits per heavy atom. The van der Waals surface area contributed by atoms with Crippen molar-refractivity contribution >= 4 is 22.8 Å². The fraction of sp³-hybridized carbons (Fsp3) is 0.312. The Bertz CT molecular complexity index is 911. The molecular weight excluding hydrogens is 327 g/mol. The van der Waals surface area contributed by atoms with Crippen LogP contribution in [-0.2, 0) is 11.8 Å². The van der Waals surface area contributed by atoms with Gasteiger partial charge in [0, 0.05) is 32.3 Å². The molecule has 0 unspecified atom stereocenters. The second kappa shape index (κ2) is 6.89. The molecule has 0 aliphatic rings. The van der Waals surface area contributed by atoms with Crippen molar-refractivity contribution in [2.45, 2.75) is 0 Å². The number of nitrogen functional groups attached to an aromatic ring is 1. The first kappa shape index (κ1) is 16.9. The highest BCUT2D eigenvalue weighted by Crippen LogP contribution is 2.33. The average molecular weight is 346 g/mol. The SMILES string of the molecule is COCCNc1nc(-c2ccc(OC)cc2F)c2c(N)n(C)nc2n1. The number of hydrogen-bond donors (Lipinski definition) is 2. The summed E-state index contributed by atoms with van der Waals surface area (Å²) in [6, 6.07) is 4.56. The van der Waals surface area contributed by atoms with Crippen LogP contribution in [0.4, 0.5) is 16.2 Å². The molecule has 0 radical (unpaired) electrons. The zero-order valence-electron chi connectivity index (χ0n) is 14.2. The van der Waals surface area contributed by atoms with E-state index in [9.17, 15) is 4.39 Å². The second-order valence-electron chi connectivity index (χ2n) is 5.37. The zero-order chi connectivity index (χ0) is 18.0. The summed E-state index contributed by atoms with van der Waals surface area (Å²) in [6.07, 6.45) is 0. The molecule has 1 aromatic carbocycles. The minimum atomic E-state index is -0.467. The maximum Gasteiger partial charge on any atom is 0.225 e. The van der Waals surface area contributed by atoms with Gasteiger partial charge in [0.2, 0.25) is 5.95 Å². The van der Waals surface area contributed by atoms with E-state index in [1.165, 1.54) is 17.9 Å². The third kappa shape index (κ3) is 3.18. The van der Waals surface area contributed by atoms with E-state index in [-0.39, 0.29) is 0 Å². The van der Waals surface area contributed by atoms with Gasteiger partial charge < -0.3 is 20.5 Å². The molecule has 25 heavy (non-hydrogen) atoms.